The number of aliphatic hydroxyl groups excluding tert-OH is 1. The lowest BCUT2D eigenvalue weighted by Gasteiger charge is -2.35. The molecule has 2 nitrogen and oxygen atoms in total. The lowest BCUT2D eigenvalue weighted by Crippen LogP contribution is -2.40. The molecular formula is C26H48O2Si. The SMILES string of the molecule is CC(C)=CCC/C(C)=C/CC(O)/C(C)=C\CC/C(C)=C/CO[Si](C)(C)C(C)(C)C. The van der Waals surface area contributed by atoms with Crippen molar-refractivity contribution in [1.29, 1.82) is 0 Å². The Balaban J connectivity index is 4.38. The van der Waals surface area contributed by atoms with E-state index in [1.165, 1.54) is 16.7 Å². The van der Waals surface area contributed by atoms with E-state index in [1.54, 1.807) is 0 Å². The summed E-state index contributed by atoms with van der Waals surface area (Å²) >= 11 is 0. The quantitative estimate of drug-likeness (QED) is 0.255. The fourth-order valence-electron chi connectivity index (χ4n) is 2.56. The molecule has 0 aromatic carbocycles. The molecule has 0 amide bonds. The minimum absolute atomic E-state index is 0.253. The van der Waals surface area contributed by atoms with Gasteiger partial charge in [0.2, 0.25) is 0 Å². The Morgan fingerprint density at radius 2 is 1.38 bits per heavy atom. The highest BCUT2D eigenvalue weighted by molar-refractivity contribution is 6.74. The Labute approximate surface area is 183 Å². The molecule has 0 radical (unpaired) electrons. The topological polar surface area (TPSA) is 29.5 Å². The summed E-state index contributed by atoms with van der Waals surface area (Å²) in [5.41, 5.74) is 5.16. The maximum absolute atomic E-state index is 10.4. The van der Waals surface area contributed by atoms with Gasteiger partial charge in [-0.1, -0.05) is 61.8 Å². The molecule has 0 aromatic heterocycles. The molecule has 168 valence electrons. The maximum Gasteiger partial charge on any atom is 0.192 e. The Bertz CT molecular complexity index is 597. The van der Waals surface area contributed by atoms with Gasteiger partial charge >= 0.3 is 0 Å². The molecule has 1 N–H and O–H groups in total. The minimum Gasteiger partial charge on any atom is -0.413 e. The van der Waals surface area contributed by atoms with E-state index in [1.807, 2.05) is 6.92 Å². The van der Waals surface area contributed by atoms with E-state index in [4.69, 9.17) is 4.43 Å². The molecule has 0 aliphatic rings. The molecule has 0 aliphatic heterocycles. The van der Waals surface area contributed by atoms with Crippen LogP contribution in [0, 0.1) is 0 Å². The van der Waals surface area contributed by atoms with Crippen LogP contribution < -0.4 is 0 Å². The second kappa shape index (κ2) is 13.4. The van der Waals surface area contributed by atoms with Crippen LogP contribution in [0.1, 0.15) is 87.5 Å². The normalized spacial score (nSPS) is 15.5. The van der Waals surface area contributed by atoms with Crippen LogP contribution >= 0.6 is 0 Å². The van der Waals surface area contributed by atoms with Gasteiger partial charge in [0.05, 0.1) is 12.7 Å². The summed E-state index contributed by atoms with van der Waals surface area (Å²) in [6.07, 6.45) is 13.3. The van der Waals surface area contributed by atoms with Gasteiger partial charge in [-0.15, -0.1) is 0 Å². The van der Waals surface area contributed by atoms with Crippen molar-refractivity contribution in [2.45, 2.75) is 112 Å². The Morgan fingerprint density at radius 3 is 1.90 bits per heavy atom. The summed E-state index contributed by atoms with van der Waals surface area (Å²) in [6, 6.07) is 0. The standard InChI is InChI=1S/C26H48O2Si/c1-21(2)13-11-14-22(3)17-18-25(27)24(5)16-12-15-23(4)19-20-28-29(9,10)26(6,7)8/h13,16-17,19,25,27H,11-12,14-15,18,20H2,1-10H3/b22-17+,23-19+,24-16-. The molecule has 0 rings (SSSR count). The minimum atomic E-state index is -1.67. The van der Waals surface area contributed by atoms with E-state index in [0.29, 0.717) is 13.0 Å². The lowest BCUT2D eigenvalue weighted by atomic mass is 10.0. The predicted molar refractivity (Wildman–Crippen MR) is 133 cm³/mol. The van der Waals surface area contributed by atoms with E-state index in [0.717, 1.165) is 31.3 Å². The zero-order valence-electron chi connectivity index (χ0n) is 21.0. The van der Waals surface area contributed by atoms with Crippen LogP contribution in [0.2, 0.25) is 18.1 Å². The molecule has 0 saturated carbocycles. The van der Waals surface area contributed by atoms with Crippen LogP contribution in [0.25, 0.3) is 0 Å². The third-order valence-corrected chi connectivity index (χ3v) is 10.5. The van der Waals surface area contributed by atoms with Gasteiger partial charge in [0.25, 0.3) is 0 Å². The van der Waals surface area contributed by atoms with E-state index >= 15 is 0 Å². The molecule has 0 spiro atoms. The summed E-state index contributed by atoms with van der Waals surface area (Å²) in [5, 5.41) is 10.7. The third-order valence-electron chi connectivity index (χ3n) is 5.99. The molecule has 3 heteroatoms. The van der Waals surface area contributed by atoms with Crippen molar-refractivity contribution >= 4 is 8.32 Å². The molecule has 0 aliphatic carbocycles. The largest absolute Gasteiger partial charge is 0.413 e. The molecule has 0 bridgehead atoms. The van der Waals surface area contributed by atoms with Crippen LogP contribution in [-0.2, 0) is 4.43 Å². The van der Waals surface area contributed by atoms with Gasteiger partial charge in [-0.3, -0.25) is 0 Å². The van der Waals surface area contributed by atoms with Gasteiger partial charge in [0, 0.05) is 0 Å². The molecule has 0 saturated heterocycles. The van der Waals surface area contributed by atoms with Gasteiger partial charge < -0.3 is 9.53 Å². The Kier molecular flexibility index (Phi) is 13.0. The molecule has 29 heavy (non-hydrogen) atoms. The molecule has 1 unspecified atom stereocenters. The summed E-state index contributed by atoms with van der Waals surface area (Å²) in [7, 11) is -1.67. The van der Waals surface area contributed by atoms with Gasteiger partial charge in [0.1, 0.15) is 0 Å². The smallest absolute Gasteiger partial charge is 0.192 e. The number of rotatable bonds is 12. The van der Waals surface area contributed by atoms with Crippen molar-refractivity contribution in [2.24, 2.45) is 0 Å². The summed E-state index contributed by atoms with van der Waals surface area (Å²) < 4.78 is 6.22. The van der Waals surface area contributed by atoms with Gasteiger partial charge in [-0.25, -0.2) is 0 Å². The van der Waals surface area contributed by atoms with Crippen molar-refractivity contribution < 1.29 is 9.53 Å². The summed E-state index contributed by atoms with van der Waals surface area (Å²) in [6.45, 7) is 22.8. The molecule has 0 aromatic rings. The average Bonchev–Trinajstić information content (AvgIpc) is 2.58. The maximum atomic E-state index is 10.4. The molecule has 0 fully saturated rings. The molecule has 0 heterocycles. The number of hydrogen-bond acceptors (Lipinski definition) is 2. The van der Waals surface area contributed by atoms with Gasteiger partial charge in [0.15, 0.2) is 8.32 Å². The Hall–Kier alpha value is -0.903. The van der Waals surface area contributed by atoms with Gasteiger partial charge in [-0.05, 0) is 90.4 Å². The number of aliphatic hydroxyl groups is 1. The zero-order valence-corrected chi connectivity index (χ0v) is 22.0. The highest BCUT2D eigenvalue weighted by Gasteiger charge is 2.36. The first-order valence-corrected chi connectivity index (χ1v) is 14.1. The van der Waals surface area contributed by atoms with Crippen molar-refractivity contribution in [2.75, 3.05) is 6.61 Å². The second-order valence-electron chi connectivity index (χ2n) is 10.2. The van der Waals surface area contributed by atoms with Crippen molar-refractivity contribution in [1.82, 2.24) is 0 Å². The van der Waals surface area contributed by atoms with E-state index in [-0.39, 0.29) is 11.1 Å². The van der Waals surface area contributed by atoms with E-state index < -0.39 is 8.32 Å². The summed E-state index contributed by atoms with van der Waals surface area (Å²) in [4.78, 5) is 0. The number of allylic oxidation sites excluding steroid dienone is 5. The lowest BCUT2D eigenvalue weighted by molar-refractivity contribution is 0.213. The van der Waals surface area contributed by atoms with Crippen LogP contribution in [0.15, 0.2) is 46.6 Å². The van der Waals surface area contributed by atoms with Crippen LogP contribution in [0.5, 0.6) is 0 Å². The third kappa shape index (κ3) is 13.1. The van der Waals surface area contributed by atoms with Crippen molar-refractivity contribution in [3.05, 3.63) is 46.6 Å². The second-order valence-corrected chi connectivity index (χ2v) is 15.0. The highest BCUT2D eigenvalue weighted by Crippen LogP contribution is 2.36. The fraction of sp³-hybridized carbons (Fsp3) is 0.692. The van der Waals surface area contributed by atoms with E-state index in [9.17, 15) is 5.11 Å². The average molecular weight is 421 g/mol. The first-order valence-electron chi connectivity index (χ1n) is 11.2. The fourth-order valence-corrected chi connectivity index (χ4v) is 3.50. The zero-order chi connectivity index (χ0) is 22.7. The molecule has 1 atom stereocenters. The Morgan fingerprint density at radius 1 is 0.862 bits per heavy atom. The van der Waals surface area contributed by atoms with Crippen LogP contribution in [0.4, 0.5) is 0 Å². The van der Waals surface area contributed by atoms with Gasteiger partial charge in [-0.2, -0.15) is 0 Å². The van der Waals surface area contributed by atoms with Crippen molar-refractivity contribution in [3.8, 4) is 0 Å². The summed E-state index contributed by atoms with van der Waals surface area (Å²) in [5.74, 6) is 0. The van der Waals surface area contributed by atoms with Crippen LogP contribution in [-0.4, -0.2) is 26.1 Å². The van der Waals surface area contributed by atoms with Crippen LogP contribution in [0.3, 0.4) is 0 Å². The molecular weight excluding hydrogens is 372 g/mol. The van der Waals surface area contributed by atoms with E-state index in [2.05, 4.69) is 85.9 Å². The van der Waals surface area contributed by atoms with Crippen molar-refractivity contribution in [3.63, 3.8) is 0 Å². The number of hydrogen-bond donors (Lipinski definition) is 1. The first kappa shape index (κ1) is 28.1. The predicted octanol–water partition coefficient (Wildman–Crippen LogP) is 8.12. The highest BCUT2D eigenvalue weighted by atomic mass is 28.4. The monoisotopic (exact) mass is 420 g/mol. The first-order chi connectivity index (χ1) is 13.3.